The van der Waals surface area contributed by atoms with Gasteiger partial charge in [-0.15, -0.1) is 0 Å². The highest BCUT2D eigenvalue weighted by molar-refractivity contribution is 6.44. The van der Waals surface area contributed by atoms with Gasteiger partial charge in [-0.25, -0.2) is 0 Å². The van der Waals surface area contributed by atoms with E-state index in [4.69, 9.17) is 0 Å². The average molecular weight is 390 g/mol. The van der Waals surface area contributed by atoms with E-state index < -0.39 is 6.04 Å². The van der Waals surface area contributed by atoms with Gasteiger partial charge >= 0.3 is 0 Å². The van der Waals surface area contributed by atoms with Crippen LogP contribution in [0.15, 0.2) is 59.7 Å². The molecule has 1 aliphatic heterocycles. The number of anilines is 3. The van der Waals surface area contributed by atoms with E-state index in [0.717, 1.165) is 18.5 Å². The molecular weight excluding hydrogens is 368 g/mol. The van der Waals surface area contributed by atoms with Gasteiger partial charge in [-0.05, 0) is 50.1 Å². The highest BCUT2D eigenvalue weighted by Gasteiger charge is 2.34. The van der Waals surface area contributed by atoms with Crippen LogP contribution in [0.25, 0.3) is 0 Å². The molecule has 1 aliphatic carbocycles. The van der Waals surface area contributed by atoms with Gasteiger partial charge < -0.3 is 10.6 Å². The van der Waals surface area contributed by atoms with Crippen molar-refractivity contribution in [2.45, 2.75) is 32.2 Å². The zero-order chi connectivity index (χ0) is 20.4. The third-order valence-corrected chi connectivity index (χ3v) is 5.00. The summed E-state index contributed by atoms with van der Waals surface area (Å²) >= 11 is 0. The van der Waals surface area contributed by atoms with E-state index in [1.807, 2.05) is 30.3 Å². The molecule has 29 heavy (non-hydrogen) atoms. The van der Waals surface area contributed by atoms with Crippen LogP contribution in [0.2, 0.25) is 0 Å². The van der Waals surface area contributed by atoms with Crippen LogP contribution < -0.4 is 15.6 Å². The predicted molar refractivity (Wildman–Crippen MR) is 112 cm³/mol. The number of carbonyl (C=O) groups excluding carboxylic acids is 3. The number of nitrogens with zero attached hydrogens (tertiary/aromatic N) is 2. The van der Waals surface area contributed by atoms with E-state index in [1.165, 1.54) is 6.92 Å². The van der Waals surface area contributed by atoms with Crippen LogP contribution in [0, 0.1) is 5.92 Å². The third-order valence-electron chi connectivity index (χ3n) is 5.00. The van der Waals surface area contributed by atoms with E-state index in [1.54, 1.807) is 29.3 Å². The molecule has 2 N–H and O–H groups in total. The molecule has 0 spiro atoms. The van der Waals surface area contributed by atoms with Gasteiger partial charge in [0, 0.05) is 23.7 Å². The first-order valence-corrected chi connectivity index (χ1v) is 9.66. The number of carbonyl (C=O) groups is 3. The van der Waals surface area contributed by atoms with Gasteiger partial charge in [0.1, 0.15) is 11.8 Å². The molecule has 0 aromatic heterocycles. The summed E-state index contributed by atoms with van der Waals surface area (Å²) in [7, 11) is 0. The number of nitrogens with one attached hydrogen (secondary N) is 2. The smallest absolute Gasteiger partial charge is 0.271 e. The van der Waals surface area contributed by atoms with Crippen molar-refractivity contribution in [3.05, 3.63) is 54.6 Å². The number of hydrazone groups is 1. The first-order chi connectivity index (χ1) is 14.0. The summed E-state index contributed by atoms with van der Waals surface area (Å²) in [5.41, 5.74) is 2.26. The topological polar surface area (TPSA) is 90.9 Å². The van der Waals surface area contributed by atoms with Crippen molar-refractivity contribution in [1.29, 1.82) is 0 Å². The van der Waals surface area contributed by atoms with Crippen molar-refractivity contribution < 1.29 is 14.4 Å². The Kier molecular flexibility index (Phi) is 5.12. The van der Waals surface area contributed by atoms with E-state index in [0.29, 0.717) is 17.1 Å². The maximum atomic E-state index is 12.7. The number of ketones is 1. The largest absolute Gasteiger partial charge is 0.326 e. The van der Waals surface area contributed by atoms with Crippen molar-refractivity contribution in [2.75, 3.05) is 15.6 Å². The van der Waals surface area contributed by atoms with E-state index in [9.17, 15) is 14.4 Å². The van der Waals surface area contributed by atoms with Crippen molar-refractivity contribution in [3.8, 4) is 0 Å². The van der Waals surface area contributed by atoms with Crippen molar-refractivity contribution in [3.63, 3.8) is 0 Å². The fourth-order valence-corrected chi connectivity index (χ4v) is 3.25. The first-order valence-electron chi connectivity index (χ1n) is 9.66. The molecule has 1 fully saturated rings. The number of benzene rings is 2. The van der Waals surface area contributed by atoms with Gasteiger partial charge in [0.25, 0.3) is 5.91 Å². The Bertz CT molecular complexity index is 983. The van der Waals surface area contributed by atoms with Gasteiger partial charge in [-0.2, -0.15) is 5.10 Å². The molecule has 2 aliphatic rings. The molecule has 1 heterocycles. The van der Waals surface area contributed by atoms with E-state index >= 15 is 0 Å². The second kappa shape index (κ2) is 7.87. The second-order valence-corrected chi connectivity index (χ2v) is 7.36. The minimum absolute atomic E-state index is 0.0106. The average Bonchev–Trinajstić information content (AvgIpc) is 3.46. The molecule has 7 nitrogen and oxygen atoms in total. The quantitative estimate of drug-likeness (QED) is 0.792. The van der Waals surface area contributed by atoms with Crippen molar-refractivity contribution in [1.82, 2.24) is 0 Å². The maximum absolute atomic E-state index is 12.7. The summed E-state index contributed by atoms with van der Waals surface area (Å²) in [5, 5.41) is 11.7. The Labute approximate surface area is 168 Å². The van der Waals surface area contributed by atoms with Crippen LogP contribution in [0.4, 0.5) is 17.1 Å². The highest BCUT2D eigenvalue weighted by Crippen LogP contribution is 2.30. The maximum Gasteiger partial charge on any atom is 0.271 e. The van der Waals surface area contributed by atoms with Gasteiger partial charge in [0.15, 0.2) is 5.78 Å². The van der Waals surface area contributed by atoms with Gasteiger partial charge in [-0.1, -0.05) is 24.3 Å². The van der Waals surface area contributed by atoms with Gasteiger partial charge in [0.2, 0.25) is 5.91 Å². The Morgan fingerprint density at radius 3 is 2.31 bits per heavy atom. The summed E-state index contributed by atoms with van der Waals surface area (Å²) in [6.07, 6.45) is 2.10. The number of hydrogen-bond donors (Lipinski definition) is 2. The Morgan fingerprint density at radius 2 is 1.66 bits per heavy atom. The molecule has 2 amide bonds. The lowest BCUT2D eigenvalue weighted by atomic mass is 10.1. The van der Waals surface area contributed by atoms with Crippen LogP contribution in [0.1, 0.15) is 26.2 Å². The molecule has 148 valence electrons. The zero-order valence-corrected chi connectivity index (χ0v) is 16.1. The van der Waals surface area contributed by atoms with Crippen molar-refractivity contribution >= 4 is 40.4 Å². The Hall–Kier alpha value is -3.48. The lowest BCUT2D eigenvalue weighted by molar-refractivity contribution is -0.118. The molecule has 0 bridgehead atoms. The van der Waals surface area contributed by atoms with Crippen LogP contribution in [-0.2, 0) is 14.4 Å². The molecule has 1 unspecified atom stereocenters. The molecular formula is C22H22N4O3. The molecule has 1 saturated carbocycles. The molecule has 2 aromatic rings. The number of amides is 2. The summed E-state index contributed by atoms with van der Waals surface area (Å²) in [5.74, 6) is -0.296. The van der Waals surface area contributed by atoms with Gasteiger partial charge in [-0.3, -0.25) is 19.4 Å². The SMILES string of the molecule is CC(=O)C1CC(C(=O)Nc2cccc(NC(=O)C3CC3)c2)=NN1c1ccccc1. The third kappa shape index (κ3) is 4.34. The second-order valence-electron chi connectivity index (χ2n) is 7.36. The number of para-hydroxylation sites is 1. The number of rotatable bonds is 6. The minimum Gasteiger partial charge on any atom is -0.326 e. The molecule has 1 atom stereocenters. The van der Waals surface area contributed by atoms with Crippen LogP contribution >= 0.6 is 0 Å². The molecule has 2 aromatic carbocycles. The molecule has 7 heteroatoms. The number of hydrogen-bond acceptors (Lipinski definition) is 5. The molecule has 0 saturated heterocycles. The van der Waals surface area contributed by atoms with E-state index in [2.05, 4.69) is 15.7 Å². The zero-order valence-electron chi connectivity index (χ0n) is 16.1. The first kappa shape index (κ1) is 18.9. The minimum atomic E-state index is -0.498. The molecule has 0 radical (unpaired) electrons. The highest BCUT2D eigenvalue weighted by atomic mass is 16.2. The summed E-state index contributed by atoms with van der Waals surface area (Å²) < 4.78 is 0. The number of Topliss-reactive ketones (excluding diaryl/α,β-unsaturated/α-hetero) is 1. The fraction of sp³-hybridized carbons (Fsp3) is 0.273. The Balaban J connectivity index is 1.48. The van der Waals surface area contributed by atoms with Crippen LogP contribution in [0.3, 0.4) is 0 Å². The fourth-order valence-electron chi connectivity index (χ4n) is 3.25. The predicted octanol–water partition coefficient (Wildman–Crippen LogP) is 3.20. The summed E-state index contributed by atoms with van der Waals surface area (Å²) in [4.78, 5) is 36.8. The normalized spacial score (nSPS) is 18.2. The lowest BCUT2D eigenvalue weighted by Crippen LogP contribution is -2.33. The summed E-state index contributed by atoms with van der Waals surface area (Å²) in [6, 6.07) is 15.8. The summed E-state index contributed by atoms with van der Waals surface area (Å²) in [6.45, 7) is 1.50. The van der Waals surface area contributed by atoms with Crippen LogP contribution in [0.5, 0.6) is 0 Å². The lowest BCUT2D eigenvalue weighted by Gasteiger charge is -2.20. The molecule has 4 rings (SSSR count). The van der Waals surface area contributed by atoms with Crippen molar-refractivity contribution in [2.24, 2.45) is 11.0 Å². The standard InChI is InChI=1S/C22H22N4O3/c1-14(27)20-13-19(25-26(20)18-8-3-2-4-9-18)22(29)24-17-7-5-6-16(12-17)23-21(28)15-10-11-15/h2-9,12,15,20H,10-11,13H2,1H3,(H,23,28)(H,24,29). The monoisotopic (exact) mass is 390 g/mol. The van der Waals surface area contributed by atoms with E-state index in [-0.39, 0.29) is 29.9 Å². The van der Waals surface area contributed by atoms with Gasteiger partial charge in [0.05, 0.1) is 5.69 Å². The Morgan fingerprint density at radius 1 is 0.966 bits per heavy atom. The van der Waals surface area contributed by atoms with Crippen LogP contribution in [-0.4, -0.2) is 29.4 Å².